The van der Waals surface area contributed by atoms with Crippen molar-refractivity contribution in [3.05, 3.63) is 59.9 Å². The second-order valence-corrected chi connectivity index (χ2v) is 6.42. The average molecular weight is 359 g/mol. The number of benzene rings is 2. The third-order valence-corrected chi connectivity index (χ3v) is 4.39. The van der Waals surface area contributed by atoms with Crippen molar-refractivity contribution in [3.8, 4) is 11.5 Å². The lowest BCUT2D eigenvalue weighted by molar-refractivity contribution is -0.0365. The van der Waals surface area contributed by atoms with Gasteiger partial charge in [0.1, 0.15) is 23.9 Å². The van der Waals surface area contributed by atoms with Crippen molar-refractivity contribution in [2.45, 2.75) is 18.9 Å². The first-order valence-electron chi connectivity index (χ1n) is 8.67. The number of nitrogens with one attached hydrogen (secondary N) is 1. The van der Waals surface area contributed by atoms with Crippen molar-refractivity contribution in [1.82, 2.24) is 5.32 Å². The predicted molar refractivity (Wildman–Crippen MR) is 94.8 cm³/mol. The molecule has 1 aliphatic rings. The quantitative estimate of drug-likeness (QED) is 0.832. The largest absolute Gasteiger partial charge is 0.508 e. The first kappa shape index (κ1) is 18.2. The van der Waals surface area contributed by atoms with E-state index in [1.54, 1.807) is 24.3 Å². The Morgan fingerprint density at radius 2 is 1.88 bits per heavy atom. The van der Waals surface area contributed by atoms with Gasteiger partial charge in [-0.2, -0.15) is 0 Å². The second-order valence-electron chi connectivity index (χ2n) is 6.42. The summed E-state index contributed by atoms with van der Waals surface area (Å²) in [5.74, 6) is 0.572. The van der Waals surface area contributed by atoms with Gasteiger partial charge in [0.15, 0.2) is 0 Å². The molecule has 26 heavy (non-hydrogen) atoms. The number of phenolic OH excluding ortho intramolecular Hbond substituents is 1. The lowest BCUT2D eigenvalue weighted by Gasteiger charge is -2.29. The van der Waals surface area contributed by atoms with E-state index >= 15 is 0 Å². The molecule has 0 aliphatic carbocycles. The molecule has 2 aromatic rings. The van der Waals surface area contributed by atoms with Crippen molar-refractivity contribution >= 4 is 5.91 Å². The van der Waals surface area contributed by atoms with Crippen LogP contribution in [0.5, 0.6) is 11.5 Å². The molecule has 6 heteroatoms. The van der Waals surface area contributed by atoms with Crippen LogP contribution in [0.4, 0.5) is 4.39 Å². The summed E-state index contributed by atoms with van der Waals surface area (Å²) >= 11 is 0. The van der Waals surface area contributed by atoms with Crippen LogP contribution < -0.4 is 10.1 Å². The Morgan fingerprint density at radius 1 is 1.15 bits per heavy atom. The fourth-order valence-electron chi connectivity index (χ4n) is 2.82. The van der Waals surface area contributed by atoms with Crippen LogP contribution in [0.25, 0.3) is 0 Å². The lowest BCUT2D eigenvalue weighted by Crippen LogP contribution is -2.37. The first-order valence-corrected chi connectivity index (χ1v) is 8.67. The van der Waals surface area contributed by atoms with E-state index in [9.17, 15) is 14.3 Å². The maximum Gasteiger partial charge on any atom is 0.251 e. The van der Waals surface area contributed by atoms with E-state index < -0.39 is 0 Å². The molecule has 0 bridgehead atoms. The third-order valence-electron chi connectivity index (χ3n) is 4.39. The van der Waals surface area contributed by atoms with Crippen molar-refractivity contribution in [2.24, 2.45) is 5.92 Å². The number of carbonyl (C=O) groups is 1. The standard InChI is InChI=1S/C20H22FNO4/c21-16-4-9-18(10-5-16)26-13-19-8-1-14(12-25-19)11-22-20(24)15-2-6-17(23)7-3-15/h2-7,9-10,14,19,23H,1,8,11-13H2,(H,22,24). The highest BCUT2D eigenvalue weighted by molar-refractivity contribution is 5.94. The highest BCUT2D eigenvalue weighted by atomic mass is 19.1. The van der Waals surface area contributed by atoms with Crippen LogP contribution in [0, 0.1) is 11.7 Å². The van der Waals surface area contributed by atoms with Gasteiger partial charge >= 0.3 is 0 Å². The maximum absolute atomic E-state index is 12.9. The molecule has 2 N–H and O–H groups in total. The summed E-state index contributed by atoms with van der Waals surface area (Å²) in [6.45, 7) is 1.54. The molecule has 1 fully saturated rings. The molecule has 2 unspecified atom stereocenters. The molecule has 0 aromatic heterocycles. The van der Waals surface area contributed by atoms with Gasteiger partial charge in [-0.05, 0) is 67.3 Å². The number of amides is 1. The van der Waals surface area contributed by atoms with E-state index in [1.165, 1.54) is 24.3 Å². The van der Waals surface area contributed by atoms with E-state index in [0.29, 0.717) is 31.1 Å². The second kappa shape index (κ2) is 8.67. The molecule has 1 amide bonds. The van der Waals surface area contributed by atoms with Crippen LogP contribution in [-0.4, -0.2) is 36.9 Å². The van der Waals surface area contributed by atoms with Gasteiger partial charge in [0.05, 0.1) is 12.7 Å². The number of hydrogen-bond acceptors (Lipinski definition) is 4. The molecular weight excluding hydrogens is 337 g/mol. The van der Waals surface area contributed by atoms with Gasteiger partial charge in [-0.25, -0.2) is 4.39 Å². The summed E-state index contributed by atoms with van der Waals surface area (Å²) < 4.78 is 24.3. The number of aromatic hydroxyl groups is 1. The molecule has 2 aromatic carbocycles. The normalized spacial score (nSPS) is 19.7. The molecule has 3 rings (SSSR count). The van der Waals surface area contributed by atoms with Crippen molar-refractivity contribution in [3.63, 3.8) is 0 Å². The van der Waals surface area contributed by atoms with Crippen molar-refractivity contribution in [2.75, 3.05) is 19.8 Å². The van der Waals surface area contributed by atoms with Gasteiger partial charge < -0.3 is 19.9 Å². The fourth-order valence-corrected chi connectivity index (χ4v) is 2.82. The summed E-state index contributed by atoms with van der Waals surface area (Å²) in [6.07, 6.45) is 1.79. The Hall–Kier alpha value is -2.60. The Labute approximate surface area is 151 Å². The third kappa shape index (κ3) is 5.20. The van der Waals surface area contributed by atoms with E-state index in [-0.39, 0.29) is 29.5 Å². The van der Waals surface area contributed by atoms with Crippen LogP contribution in [0.2, 0.25) is 0 Å². The van der Waals surface area contributed by atoms with Crippen LogP contribution in [0.3, 0.4) is 0 Å². The Kier molecular flexibility index (Phi) is 6.07. The highest BCUT2D eigenvalue weighted by Gasteiger charge is 2.22. The zero-order chi connectivity index (χ0) is 18.4. The maximum atomic E-state index is 12.9. The number of hydrogen-bond donors (Lipinski definition) is 2. The molecular formula is C20H22FNO4. The van der Waals surface area contributed by atoms with E-state index in [1.807, 2.05) is 0 Å². The Bertz CT molecular complexity index is 710. The van der Waals surface area contributed by atoms with Crippen molar-refractivity contribution in [1.29, 1.82) is 0 Å². The van der Waals surface area contributed by atoms with Gasteiger partial charge in [-0.15, -0.1) is 0 Å². The summed E-state index contributed by atoms with van der Waals surface area (Å²) in [5.41, 5.74) is 0.519. The number of ether oxygens (including phenoxy) is 2. The summed E-state index contributed by atoms with van der Waals surface area (Å²) in [5, 5.41) is 12.1. The van der Waals surface area contributed by atoms with Crippen LogP contribution >= 0.6 is 0 Å². The fraction of sp³-hybridized carbons (Fsp3) is 0.350. The molecule has 0 saturated carbocycles. The topological polar surface area (TPSA) is 67.8 Å². The molecule has 1 heterocycles. The predicted octanol–water partition coefficient (Wildman–Crippen LogP) is 3.14. The van der Waals surface area contributed by atoms with Crippen LogP contribution in [-0.2, 0) is 4.74 Å². The Morgan fingerprint density at radius 3 is 2.54 bits per heavy atom. The molecule has 138 valence electrons. The minimum absolute atomic E-state index is 0.00380. The summed E-state index contributed by atoms with van der Waals surface area (Å²) in [6, 6.07) is 12.1. The van der Waals surface area contributed by atoms with Crippen molar-refractivity contribution < 1.29 is 23.8 Å². The van der Waals surface area contributed by atoms with Gasteiger partial charge in [0, 0.05) is 12.1 Å². The average Bonchev–Trinajstić information content (AvgIpc) is 2.67. The first-order chi connectivity index (χ1) is 12.6. The SMILES string of the molecule is O=C(NCC1CCC(COc2ccc(F)cc2)OC1)c1ccc(O)cc1. The van der Waals surface area contributed by atoms with Crippen LogP contribution in [0.1, 0.15) is 23.2 Å². The van der Waals surface area contributed by atoms with Gasteiger partial charge in [0.25, 0.3) is 5.91 Å². The molecule has 2 atom stereocenters. The molecule has 0 radical (unpaired) electrons. The monoisotopic (exact) mass is 359 g/mol. The smallest absolute Gasteiger partial charge is 0.251 e. The number of phenols is 1. The molecule has 1 aliphatic heterocycles. The number of carbonyl (C=O) groups excluding carboxylic acids is 1. The number of halogens is 1. The van der Waals surface area contributed by atoms with E-state index in [4.69, 9.17) is 9.47 Å². The highest BCUT2D eigenvalue weighted by Crippen LogP contribution is 2.20. The lowest BCUT2D eigenvalue weighted by atomic mass is 9.98. The summed E-state index contributed by atoms with van der Waals surface area (Å²) in [4.78, 5) is 12.1. The van der Waals surface area contributed by atoms with Gasteiger partial charge in [-0.1, -0.05) is 0 Å². The molecule has 0 spiro atoms. The number of rotatable bonds is 6. The Balaban J connectivity index is 1.36. The molecule has 5 nitrogen and oxygen atoms in total. The summed E-state index contributed by atoms with van der Waals surface area (Å²) in [7, 11) is 0. The zero-order valence-corrected chi connectivity index (χ0v) is 14.4. The van der Waals surface area contributed by atoms with Gasteiger partial charge in [-0.3, -0.25) is 4.79 Å². The zero-order valence-electron chi connectivity index (χ0n) is 14.4. The molecule has 1 saturated heterocycles. The van der Waals surface area contributed by atoms with E-state index in [0.717, 1.165) is 12.8 Å². The minimum atomic E-state index is -0.288. The van der Waals surface area contributed by atoms with Gasteiger partial charge in [0.2, 0.25) is 0 Å². The van der Waals surface area contributed by atoms with Crippen LogP contribution in [0.15, 0.2) is 48.5 Å². The van der Waals surface area contributed by atoms with E-state index in [2.05, 4.69) is 5.32 Å². The minimum Gasteiger partial charge on any atom is -0.508 e.